The summed E-state index contributed by atoms with van der Waals surface area (Å²) in [6.45, 7) is 6.75. The second-order valence-electron chi connectivity index (χ2n) is 8.68. The van der Waals surface area contributed by atoms with Crippen LogP contribution in [0.5, 0.6) is 17.2 Å². The number of allylic oxidation sites excluding steroid dienone is 1. The zero-order valence-corrected chi connectivity index (χ0v) is 27.6. The Morgan fingerprint density at radius 2 is 1.82 bits per heavy atom. The Balaban J connectivity index is 2.06. The van der Waals surface area contributed by atoms with Crippen molar-refractivity contribution in [1.29, 1.82) is 0 Å². The van der Waals surface area contributed by atoms with Gasteiger partial charge >= 0.3 is 0 Å². The lowest BCUT2D eigenvalue weighted by Gasteiger charge is -2.30. The van der Waals surface area contributed by atoms with Gasteiger partial charge in [0.15, 0.2) is 4.80 Å². The molecule has 0 bridgehead atoms. The Kier molecular flexibility index (Phi) is 9.42. The van der Waals surface area contributed by atoms with Crippen LogP contribution in [-0.2, 0) is 4.79 Å². The smallest absolute Gasteiger partial charge is 0.271 e. The van der Waals surface area contributed by atoms with Gasteiger partial charge in [-0.05, 0) is 102 Å². The van der Waals surface area contributed by atoms with E-state index in [1.54, 1.807) is 42.9 Å². The lowest BCUT2D eigenvalue weighted by molar-refractivity contribution is -0.127. The van der Waals surface area contributed by atoms with Gasteiger partial charge in [0.1, 0.15) is 23.3 Å². The number of halogens is 2. The molecule has 1 amide bonds. The number of aromatic nitrogens is 1. The number of hydrogen-bond donors (Lipinski definition) is 0. The molecule has 0 N–H and O–H groups in total. The minimum absolute atomic E-state index is 0.167. The van der Waals surface area contributed by atoms with Gasteiger partial charge in [-0.1, -0.05) is 11.3 Å². The summed E-state index contributed by atoms with van der Waals surface area (Å²) in [5, 5.41) is 0. The van der Waals surface area contributed by atoms with Gasteiger partial charge in [0.2, 0.25) is 0 Å². The van der Waals surface area contributed by atoms with Crippen molar-refractivity contribution in [2.45, 2.75) is 26.8 Å². The largest absolute Gasteiger partial charge is 0.497 e. The van der Waals surface area contributed by atoms with Crippen molar-refractivity contribution >= 4 is 68.5 Å². The van der Waals surface area contributed by atoms with Gasteiger partial charge in [0, 0.05) is 27.8 Å². The highest BCUT2D eigenvalue weighted by Crippen LogP contribution is 2.38. The number of amides is 1. The normalized spacial score (nSPS) is 15.1. The van der Waals surface area contributed by atoms with E-state index in [1.165, 1.54) is 11.3 Å². The standard InChI is InChI=1S/C28H29I2N3O5S/c1-7-32(8-2)27(35)23-15(3)31-28-33(24(23)19-14-18(36-4)9-10-21(19)37-5)26(34)22(39-28)12-16-11-17(29)13-20(30)25(16)38-6/h9-14,24H,7-8H2,1-6H3/b22-12+/t24-/m0/s1. The number of methoxy groups -OCH3 is 3. The summed E-state index contributed by atoms with van der Waals surface area (Å²) in [7, 11) is 4.77. The van der Waals surface area contributed by atoms with Crippen LogP contribution in [0.25, 0.3) is 6.08 Å². The van der Waals surface area contributed by atoms with Crippen LogP contribution in [-0.4, -0.2) is 49.8 Å². The van der Waals surface area contributed by atoms with E-state index in [2.05, 4.69) is 45.2 Å². The van der Waals surface area contributed by atoms with Crippen LogP contribution in [0.3, 0.4) is 0 Å². The van der Waals surface area contributed by atoms with Crippen LogP contribution < -0.4 is 29.1 Å². The SMILES string of the molecule is CCN(CC)C(=O)C1=C(C)N=c2s/c(=C/c3cc(I)cc(I)c3OC)c(=O)n2[C@H]1c1cc(OC)ccc1OC. The Bertz CT molecular complexity index is 1640. The van der Waals surface area contributed by atoms with Crippen molar-refractivity contribution in [1.82, 2.24) is 9.47 Å². The first-order valence-electron chi connectivity index (χ1n) is 12.3. The molecule has 0 radical (unpaired) electrons. The third-order valence-corrected chi connectivity index (χ3v) is 8.97. The van der Waals surface area contributed by atoms with Gasteiger partial charge in [-0.25, -0.2) is 4.99 Å². The van der Waals surface area contributed by atoms with E-state index in [1.807, 2.05) is 45.0 Å². The summed E-state index contributed by atoms with van der Waals surface area (Å²) in [5.74, 6) is 1.67. The van der Waals surface area contributed by atoms with Crippen LogP contribution in [0.1, 0.15) is 37.9 Å². The summed E-state index contributed by atoms with van der Waals surface area (Å²) in [6, 6.07) is 8.64. The third kappa shape index (κ3) is 5.62. The quantitative estimate of drug-likeness (QED) is 0.319. The number of carbonyl (C=O) groups is 1. The molecule has 0 fully saturated rings. The molecule has 11 heteroatoms. The van der Waals surface area contributed by atoms with E-state index in [0.29, 0.717) is 56.5 Å². The number of rotatable bonds is 8. The molecule has 0 saturated carbocycles. The number of thiazole rings is 1. The second-order valence-corrected chi connectivity index (χ2v) is 12.1. The molecule has 1 aliphatic heterocycles. The molecule has 1 atom stereocenters. The maximum Gasteiger partial charge on any atom is 0.271 e. The van der Waals surface area contributed by atoms with E-state index in [-0.39, 0.29) is 11.5 Å². The molecule has 0 spiro atoms. The zero-order valence-electron chi connectivity index (χ0n) is 22.5. The molecule has 3 aromatic rings. The summed E-state index contributed by atoms with van der Waals surface area (Å²) >= 11 is 5.76. The summed E-state index contributed by atoms with van der Waals surface area (Å²) in [5.41, 5.74) is 2.20. The first-order chi connectivity index (χ1) is 18.7. The molecule has 1 aromatic heterocycles. The number of likely N-dealkylation sites (N-methyl/N-ethyl adjacent to an activating group) is 1. The summed E-state index contributed by atoms with van der Waals surface area (Å²) in [4.78, 5) is 35.0. The lowest BCUT2D eigenvalue weighted by Crippen LogP contribution is -2.43. The number of ether oxygens (including phenoxy) is 3. The van der Waals surface area contributed by atoms with Crippen LogP contribution in [0.2, 0.25) is 0 Å². The Morgan fingerprint density at radius 1 is 1.10 bits per heavy atom. The van der Waals surface area contributed by atoms with Crippen molar-refractivity contribution in [2.24, 2.45) is 4.99 Å². The van der Waals surface area contributed by atoms with Crippen LogP contribution in [0.15, 0.2) is 51.4 Å². The molecule has 0 aliphatic carbocycles. The molecular formula is C28H29I2N3O5S. The first-order valence-corrected chi connectivity index (χ1v) is 15.2. The van der Waals surface area contributed by atoms with Gasteiger partial charge in [0.25, 0.3) is 11.5 Å². The van der Waals surface area contributed by atoms with E-state index in [0.717, 1.165) is 12.7 Å². The summed E-state index contributed by atoms with van der Waals surface area (Å²) in [6.07, 6.45) is 1.83. The van der Waals surface area contributed by atoms with Crippen molar-refractivity contribution in [3.05, 3.63) is 79.6 Å². The van der Waals surface area contributed by atoms with E-state index < -0.39 is 6.04 Å². The molecule has 1 aliphatic rings. The monoisotopic (exact) mass is 773 g/mol. The van der Waals surface area contributed by atoms with Gasteiger partial charge in [-0.15, -0.1) is 0 Å². The van der Waals surface area contributed by atoms with Gasteiger partial charge in [0.05, 0.1) is 40.7 Å². The highest BCUT2D eigenvalue weighted by Gasteiger charge is 2.36. The minimum atomic E-state index is -0.750. The molecular weight excluding hydrogens is 744 g/mol. The molecule has 4 rings (SSSR count). The molecule has 206 valence electrons. The van der Waals surface area contributed by atoms with E-state index >= 15 is 0 Å². The lowest BCUT2D eigenvalue weighted by atomic mass is 9.93. The number of benzene rings is 2. The zero-order chi connectivity index (χ0) is 28.4. The molecule has 8 nitrogen and oxygen atoms in total. The van der Waals surface area contributed by atoms with Crippen LogP contribution in [0.4, 0.5) is 0 Å². The molecule has 2 aromatic carbocycles. The Labute approximate surface area is 258 Å². The topological polar surface area (TPSA) is 82.4 Å². The average molecular weight is 773 g/mol. The summed E-state index contributed by atoms with van der Waals surface area (Å²) < 4.78 is 20.9. The molecule has 0 saturated heterocycles. The van der Waals surface area contributed by atoms with Gasteiger partial charge in [-0.2, -0.15) is 0 Å². The second kappa shape index (κ2) is 12.4. The fraction of sp³-hybridized carbons (Fsp3) is 0.321. The van der Waals surface area contributed by atoms with Gasteiger partial charge in [-0.3, -0.25) is 14.2 Å². The van der Waals surface area contributed by atoms with Gasteiger partial charge < -0.3 is 19.1 Å². The fourth-order valence-electron chi connectivity index (χ4n) is 4.67. The predicted octanol–water partition coefficient (Wildman–Crippen LogP) is 4.34. The number of carbonyl (C=O) groups excluding carboxylic acids is 1. The predicted molar refractivity (Wildman–Crippen MR) is 170 cm³/mol. The van der Waals surface area contributed by atoms with E-state index in [4.69, 9.17) is 19.2 Å². The number of nitrogens with zero attached hydrogens (tertiary/aromatic N) is 3. The van der Waals surface area contributed by atoms with Crippen LogP contribution >= 0.6 is 56.5 Å². The van der Waals surface area contributed by atoms with Crippen molar-refractivity contribution < 1.29 is 19.0 Å². The highest BCUT2D eigenvalue weighted by atomic mass is 127. The Morgan fingerprint density at radius 3 is 2.44 bits per heavy atom. The van der Waals surface area contributed by atoms with Crippen molar-refractivity contribution in [3.8, 4) is 17.2 Å². The average Bonchev–Trinajstić information content (AvgIpc) is 3.21. The maximum absolute atomic E-state index is 14.1. The number of hydrogen-bond acceptors (Lipinski definition) is 7. The fourth-order valence-corrected chi connectivity index (χ4v) is 7.81. The van der Waals surface area contributed by atoms with Crippen molar-refractivity contribution in [3.63, 3.8) is 0 Å². The number of fused-ring (bicyclic) bond motifs is 1. The molecule has 39 heavy (non-hydrogen) atoms. The molecule has 2 heterocycles. The van der Waals surface area contributed by atoms with E-state index in [9.17, 15) is 9.59 Å². The maximum atomic E-state index is 14.1. The Hall–Kier alpha value is -2.39. The highest BCUT2D eigenvalue weighted by molar-refractivity contribution is 14.1. The van der Waals surface area contributed by atoms with Crippen molar-refractivity contribution in [2.75, 3.05) is 34.4 Å². The molecule has 0 unspecified atom stereocenters. The van der Waals surface area contributed by atoms with Crippen LogP contribution in [0, 0.1) is 7.14 Å². The first kappa shape index (κ1) is 29.6. The third-order valence-electron chi connectivity index (χ3n) is 6.56. The minimum Gasteiger partial charge on any atom is -0.497 e.